The van der Waals surface area contributed by atoms with Crippen LogP contribution in [-0.4, -0.2) is 73.5 Å². The van der Waals surface area contributed by atoms with Crippen LogP contribution in [0.2, 0.25) is 0 Å². The Balaban J connectivity index is 1.09. The summed E-state index contributed by atoms with van der Waals surface area (Å²) >= 11 is 0. The second-order valence-corrected chi connectivity index (χ2v) is 15.7. The minimum atomic E-state index is 0.171. The first-order chi connectivity index (χ1) is 19.3. The zero-order chi connectivity index (χ0) is 27.6. The molecular weight excluding hydrogens is 496 g/mol. The van der Waals surface area contributed by atoms with Crippen LogP contribution >= 0.6 is 0 Å². The second kappa shape index (κ2) is 9.26. The number of hydrogen-bond acceptors (Lipinski definition) is 5. The zero-order valence-electron chi connectivity index (χ0n) is 25.7. The molecule has 40 heavy (non-hydrogen) atoms. The molecule has 4 bridgehead atoms. The van der Waals surface area contributed by atoms with E-state index in [4.69, 9.17) is 14.2 Å². The fourth-order valence-corrected chi connectivity index (χ4v) is 12.4. The van der Waals surface area contributed by atoms with Crippen molar-refractivity contribution in [2.45, 2.75) is 83.5 Å². The van der Waals surface area contributed by atoms with Gasteiger partial charge >= 0.3 is 0 Å². The maximum absolute atomic E-state index is 7.62. The molecule has 5 heteroatoms. The van der Waals surface area contributed by atoms with Gasteiger partial charge in [-0.2, -0.15) is 0 Å². The first kappa shape index (κ1) is 26.6. The Bertz CT molecular complexity index is 1050. The van der Waals surface area contributed by atoms with E-state index in [-0.39, 0.29) is 11.2 Å². The van der Waals surface area contributed by atoms with E-state index in [2.05, 4.69) is 75.9 Å². The maximum Gasteiger partial charge on any atom is 0.0771 e. The molecule has 5 saturated carbocycles. The summed E-state index contributed by atoms with van der Waals surface area (Å²) in [5.74, 6) is 8.48. The van der Waals surface area contributed by atoms with Gasteiger partial charge in [-0.1, -0.05) is 52.0 Å². The summed E-state index contributed by atoms with van der Waals surface area (Å²) in [6.07, 6.45) is 3.98. The average Bonchev–Trinajstić information content (AvgIpc) is 3.59. The lowest BCUT2D eigenvalue weighted by Crippen LogP contribution is -2.53. The van der Waals surface area contributed by atoms with Crippen LogP contribution < -0.4 is 0 Å². The van der Waals surface area contributed by atoms with Crippen molar-refractivity contribution in [2.24, 2.45) is 59.2 Å². The van der Waals surface area contributed by atoms with Gasteiger partial charge in [-0.3, -0.25) is 0 Å². The summed E-state index contributed by atoms with van der Waals surface area (Å²) in [6.45, 7) is 14.5. The van der Waals surface area contributed by atoms with Crippen molar-refractivity contribution < 1.29 is 14.2 Å². The maximum atomic E-state index is 7.62. The van der Waals surface area contributed by atoms with Gasteiger partial charge in [0.1, 0.15) is 0 Å². The van der Waals surface area contributed by atoms with Gasteiger partial charge in [-0.05, 0) is 104 Å². The summed E-state index contributed by atoms with van der Waals surface area (Å²) < 4.78 is 20.5. The molecule has 0 N–H and O–H groups in total. The van der Waals surface area contributed by atoms with Crippen molar-refractivity contribution >= 4 is 0 Å². The summed E-state index contributed by atoms with van der Waals surface area (Å²) in [7, 11) is 4.69. The SMILES string of the molecule is CC(C)[C@H]1COCc2ccccc2COC[C@H](C(C)C)N(C)CCC23OC4(CCN1C)C1C5CC(C6C5C4C62)C13. The topological polar surface area (TPSA) is 34.2 Å². The van der Waals surface area contributed by atoms with Gasteiger partial charge in [0.2, 0.25) is 0 Å². The van der Waals surface area contributed by atoms with Gasteiger partial charge in [-0.25, -0.2) is 0 Å². The number of ether oxygens (including phenoxy) is 3. The third kappa shape index (κ3) is 3.33. The Labute approximate surface area is 242 Å². The number of nitrogens with zero attached hydrogens (tertiary/aromatic N) is 2. The summed E-state index contributed by atoms with van der Waals surface area (Å²) in [4.78, 5) is 5.23. The van der Waals surface area contributed by atoms with Crippen LogP contribution in [0.4, 0.5) is 0 Å². The highest BCUT2D eigenvalue weighted by Gasteiger charge is 2.96. The average molecular weight is 549 g/mol. The number of likely N-dealkylation sites (N-methyl/N-ethyl adjacent to an activating group) is 2. The Morgan fingerprint density at radius 2 is 1.15 bits per heavy atom. The Morgan fingerprint density at radius 3 is 1.57 bits per heavy atom. The van der Waals surface area contributed by atoms with Crippen molar-refractivity contribution in [2.75, 3.05) is 40.4 Å². The first-order valence-corrected chi connectivity index (χ1v) is 16.6. The number of benzene rings is 1. The summed E-state index contributed by atoms with van der Waals surface area (Å²) in [6, 6.07) is 9.52. The number of hydrogen-bond donors (Lipinski definition) is 0. The lowest BCUT2D eigenvalue weighted by atomic mass is 9.54. The van der Waals surface area contributed by atoms with Crippen LogP contribution in [0.1, 0.15) is 58.1 Å². The van der Waals surface area contributed by atoms with E-state index in [0.29, 0.717) is 37.1 Å². The zero-order valence-corrected chi connectivity index (χ0v) is 25.7. The molecule has 3 aliphatic heterocycles. The van der Waals surface area contributed by atoms with E-state index in [9.17, 15) is 0 Å². The molecule has 0 radical (unpaired) electrons. The largest absolute Gasteiger partial charge is 0.375 e. The third-order valence-corrected chi connectivity index (χ3v) is 13.7. The predicted octanol–water partition coefficient (Wildman–Crippen LogP) is 5.32. The van der Waals surface area contributed by atoms with Crippen LogP contribution in [0.5, 0.6) is 0 Å². The standard InChI is InChI=1S/C35H52N2O3/c1-20(2)26-18-38-16-22-9-7-8-10-23(22)17-39-19-27(21(3)4)37(6)14-12-35-31-25-15-24-28-29(25)33(35)32(28)34(40-35,30(24)31)11-13-36(26)5/h7-10,20-21,24-33H,11-19H2,1-6H3/t24?,25?,26-,27-,28?,29?,30?,31?,32?,33?,34?,35?/m1/s1. The molecule has 0 amide bonds. The predicted molar refractivity (Wildman–Crippen MR) is 157 cm³/mol. The Kier molecular flexibility index (Phi) is 6.16. The number of rotatable bonds is 2. The van der Waals surface area contributed by atoms with Gasteiger partial charge < -0.3 is 24.0 Å². The first-order valence-electron chi connectivity index (χ1n) is 16.6. The normalized spacial score (nSPS) is 50.0. The van der Waals surface area contributed by atoms with Crippen LogP contribution in [0.25, 0.3) is 0 Å². The monoisotopic (exact) mass is 548 g/mol. The van der Waals surface area contributed by atoms with Crippen LogP contribution in [0.3, 0.4) is 0 Å². The third-order valence-electron chi connectivity index (χ3n) is 13.7. The molecule has 1 aromatic carbocycles. The van der Waals surface area contributed by atoms with E-state index in [1.165, 1.54) is 30.4 Å². The van der Waals surface area contributed by atoms with E-state index in [1.54, 1.807) is 0 Å². The lowest BCUT2D eigenvalue weighted by Gasteiger charge is -2.48. The van der Waals surface area contributed by atoms with Crippen LogP contribution in [-0.2, 0) is 27.4 Å². The van der Waals surface area contributed by atoms with Crippen LogP contribution in [0.15, 0.2) is 24.3 Å². The quantitative estimate of drug-likeness (QED) is 0.500. The molecular formula is C35H52N2O3. The molecule has 3 heterocycles. The molecule has 2 spiro atoms. The highest BCUT2D eigenvalue weighted by atomic mass is 16.5. The summed E-state index contributed by atoms with van der Waals surface area (Å²) in [5, 5.41) is 0. The Morgan fingerprint density at radius 1 is 0.700 bits per heavy atom. The molecule has 5 nitrogen and oxygen atoms in total. The molecule has 8 aliphatic rings. The van der Waals surface area contributed by atoms with E-state index in [1.807, 2.05) is 0 Å². The fourth-order valence-electron chi connectivity index (χ4n) is 12.4. The van der Waals surface area contributed by atoms with Gasteiger partial charge in [0, 0.05) is 25.2 Å². The van der Waals surface area contributed by atoms with Gasteiger partial charge in [0.05, 0.1) is 37.6 Å². The van der Waals surface area contributed by atoms with E-state index >= 15 is 0 Å². The molecule has 2 saturated heterocycles. The fraction of sp³-hybridized carbons (Fsp3) is 0.829. The van der Waals surface area contributed by atoms with E-state index in [0.717, 1.165) is 73.6 Å². The molecule has 1 aromatic rings. The molecule has 9 rings (SSSR count). The smallest absolute Gasteiger partial charge is 0.0771 e. The van der Waals surface area contributed by atoms with Gasteiger partial charge in [-0.15, -0.1) is 0 Å². The minimum absolute atomic E-state index is 0.171. The van der Waals surface area contributed by atoms with E-state index < -0.39 is 0 Å². The lowest BCUT2D eigenvalue weighted by molar-refractivity contribution is -0.0884. The molecule has 7 fully saturated rings. The van der Waals surface area contributed by atoms with Gasteiger partial charge in [0.15, 0.2) is 0 Å². The highest BCUT2D eigenvalue weighted by Crippen LogP contribution is 2.93. The van der Waals surface area contributed by atoms with Crippen molar-refractivity contribution in [3.05, 3.63) is 35.4 Å². The molecule has 220 valence electrons. The van der Waals surface area contributed by atoms with Crippen molar-refractivity contribution in [3.63, 3.8) is 0 Å². The highest BCUT2D eigenvalue weighted by molar-refractivity contribution is 5.43. The molecule has 10 unspecified atom stereocenters. The number of fused-ring (bicyclic) bond motifs is 1. The van der Waals surface area contributed by atoms with Crippen molar-refractivity contribution in [3.8, 4) is 0 Å². The van der Waals surface area contributed by atoms with Crippen molar-refractivity contribution in [1.29, 1.82) is 0 Å². The van der Waals surface area contributed by atoms with Crippen molar-refractivity contribution in [1.82, 2.24) is 9.80 Å². The second-order valence-electron chi connectivity index (χ2n) is 15.7. The molecule has 5 aliphatic carbocycles. The molecule has 12 atom stereocenters. The minimum Gasteiger partial charge on any atom is -0.375 e. The van der Waals surface area contributed by atoms with Gasteiger partial charge in [0.25, 0.3) is 0 Å². The Hall–Kier alpha value is -0.980. The van der Waals surface area contributed by atoms with Crippen LogP contribution in [0, 0.1) is 59.2 Å². The molecule has 0 aromatic heterocycles. The summed E-state index contributed by atoms with van der Waals surface area (Å²) in [5.41, 5.74) is 2.86.